The molecular weight excluding hydrogens is 423 g/mol. The van der Waals surface area contributed by atoms with E-state index in [9.17, 15) is 14.0 Å². The summed E-state index contributed by atoms with van der Waals surface area (Å²) in [6.45, 7) is 1.39. The van der Waals surface area contributed by atoms with Crippen molar-refractivity contribution >= 4 is 35.0 Å². The van der Waals surface area contributed by atoms with E-state index in [1.54, 1.807) is 36.4 Å². The number of carbonyl (C=O) groups excluding carboxylic acids is 2. The molecule has 4 N–H and O–H groups in total. The minimum atomic E-state index is -0.352. The standard InChI is InChI=1S/C20H21FN6O3S/c1-12(28)23-14-7-8-17(30-2)16(10-14)24-19(29)11-31-20-26-25-18(27(20)22)9-13-5-3-4-6-15(13)21/h3-8,10H,9,11,22H2,1-2H3,(H,23,28)(H,24,29). The van der Waals surface area contributed by atoms with Crippen LogP contribution >= 0.6 is 11.8 Å². The van der Waals surface area contributed by atoms with Gasteiger partial charge < -0.3 is 21.2 Å². The van der Waals surface area contributed by atoms with Gasteiger partial charge in [-0.1, -0.05) is 30.0 Å². The first-order valence-corrected chi connectivity index (χ1v) is 10.2. The molecule has 0 aliphatic rings. The Kier molecular flexibility index (Phi) is 7.08. The maximum atomic E-state index is 13.8. The fourth-order valence-electron chi connectivity index (χ4n) is 2.74. The largest absolute Gasteiger partial charge is 0.495 e. The van der Waals surface area contributed by atoms with Crippen molar-refractivity contribution in [3.63, 3.8) is 0 Å². The number of nitrogen functional groups attached to an aromatic ring is 1. The molecule has 2 amide bonds. The normalized spacial score (nSPS) is 10.5. The molecule has 0 saturated heterocycles. The average Bonchev–Trinajstić information content (AvgIpc) is 3.07. The Morgan fingerprint density at radius 2 is 1.97 bits per heavy atom. The highest BCUT2D eigenvalue weighted by atomic mass is 32.2. The zero-order valence-corrected chi connectivity index (χ0v) is 17.7. The Morgan fingerprint density at radius 1 is 1.19 bits per heavy atom. The van der Waals surface area contributed by atoms with Crippen molar-refractivity contribution < 1.29 is 18.7 Å². The van der Waals surface area contributed by atoms with E-state index >= 15 is 0 Å². The molecule has 9 nitrogen and oxygen atoms in total. The second-order valence-corrected chi connectivity index (χ2v) is 7.41. The quantitative estimate of drug-likeness (QED) is 0.360. The smallest absolute Gasteiger partial charge is 0.234 e. The Hall–Kier alpha value is -3.60. The summed E-state index contributed by atoms with van der Waals surface area (Å²) in [6, 6.07) is 11.2. The van der Waals surface area contributed by atoms with Crippen molar-refractivity contribution in [3.05, 3.63) is 59.7 Å². The molecular formula is C20H21FN6O3S. The third-order valence-corrected chi connectivity index (χ3v) is 5.11. The molecule has 0 aliphatic heterocycles. The van der Waals surface area contributed by atoms with Crippen LogP contribution in [-0.2, 0) is 16.0 Å². The van der Waals surface area contributed by atoms with Gasteiger partial charge in [-0.2, -0.15) is 0 Å². The number of hydrogen-bond acceptors (Lipinski definition) is 7. The van der Waals surface area contributed by atoms with Gasteiger partial charge in [0.05, 0.1) is 18.6 Å². The van der Waals surface area contributed by atoms with Crippen molar-refractivity contribution in [2.45, 2.75) is 18.5 Å². The van der Waals surface area contributed by atoms with E-state index in [1.807, 2.05) is 0 Å². The van der Waals surface area contributed by atoms with E-state index in [4.69, 9.17) is 10.6 Å². The molecule has 1 aromatic heterocycles. The predicted molar refractivity (Wildman–Crippen MR) is 116 cm³/mol. The molecule has 31 heavy (non-hydrogen) atoms. The number of benzene rings is 2. The monoisotopic (exact) mass is 444 g/mol. The predicted octanol–water partition coefficient (Wildman–Crippen LogP) is 2.42. The Labute approximate surface area is 182 Å². The molecule has 162 valence electrons. The number of nitrogens with zero attached hydrogens (tertiary/aromatic N) is 3. The van der Waals surface area contributed by atoms with E-state index in [2.05, 4.69) is 20.8 Å². The van der Waals surface area contributed by atoms with Gasteiger partial charge in [-0.3, -0.25) is 9.59 Å². The van der Waals surface area contributed by atoms with Crippen molar-refractivity contribution in [3.8, 4) is 5.75 Å². The van der Waals surface area contributed by atoms with E-state index < -0.39 is 0 Å². The third-order valence-electron chi connectivity index (χ3n) is 4.17. The number of carbonyl (C=O) groups is 2. The summed E-state index contributed by atoms with van der Waals surface area (Å²) < 4.78 is 20.3. The molecule has 1 heterocycles. The maximum absolute atomic E-state index is 13.8. The van der Waals surface area contributed by atoms with Crippen LogP contribution in [0.5, 0.6) is 5.75 Å². The fourth-order valence-corrected chi connectivity index (χ4v) is 3.42. The van der Waals surface area contributed by atoms with E-state index in [-0.39, 0.29) is 29.8 Å². The van der Waals surface area contributed by atoms with Gasteiger partial charge in [0.2, 0.25) is 17.0 Å². The van der Waals surface area contributed by atoms with Crippen molar-refractivity contribution in [1.29, 1.82) is 0 Å². The maximum Gasteiger partial charge on any atom is 0.234 e. The lowest BCUT2D eigenvalue weighted by molar-refractivity contribution is -0.114. The highest BCUT2D eigenvalue weighted by Crippen LogP contribution is 2.28. The van der Waals surface area contributed by atoms with Crippen LogP contribution in [0.4, 0.5) is 15.8 Å². The van der Waals surface area contributed by atoms with E-state index in [0.29, 0.717) is 33.7 Å². The van der Waals surface area contributed by atoms with Crippen LogP contribution in [-0.4, -0.2) is 39.6 Å². The second-order valence-electron chi connectivity index (χ2n) is 6.47. The summed E-state index contributed by atoms with van der Waals surface area (Å²) in [6.07, 6.45) is 0.177. The van der Waals surface area contributed by atoms with Crippen LogP contribution in [0.25, 0.3) is 0 Å². The number of rotatable bonds is 8. The summed E-state index contributed by atoms with van der Waals surface area (Å²) >= 11 is 1.09. The van der Waals surface area contributed by atoms with Gasteiger partial charge in [0.1, 0.15) is 11.6 Å². The summed E-state index contributed by atoms with van der Waals surface area (Å²) in [7, 11) is 1.48. The number of nitrogens with one attached hydrogen (secondary N) is 2. The summed E-state index contributed by atoms with van der Waals surface area (Å²) in [5, 5.41) is 13.7. The molecule has 3 rings (SSSR count). The summed E-state index contributed by atoms with van der Waals surface area (Å²) in [5.74, 6) is 5.92. The zero-order valence-electron chi connectivity index (χ0n) is 16.9. The molecule has 0 unspecified atom stereocenters. The topological polar surface area (TPSA) is 124 Å². The number of amides is 2. The minimum absolute atomic E-state index is 0.00253. The molecule has 0 spiro atoms. The average molecular weight is 444 g/mol. The van der Waals surface area contributed by atoms with Crippen molar-refractivity contribution in [2.24, 2.45) is 0 Å². The van der Waals surface area contributed by atoms with Gasteiger partial charge in [0, 0.05) is 19.0 Å². The summed E-state index contributed by atoms with van der Waals surface area (Å²) in [5.41, 5.74) is 1.38. The molecule has 0 saturated carbocycles. The molecule has 0 radical (unpaired) electrons. The van der Waals surface area contributed by atoms with Gasteiger partial charge in [-0.15, -0.1) is 10.2 Å². The number of methoxy groups -OCH3 is 1. The molecule has 3 aromatic rings. The van der Waals surface area contributed by atoms with Crippen LogP contribution in [0.1, 0.15) is 18.3 Å². The van der Waals surface area contributed by atoms with Gasteiger partial charge in [-0.25, -0.2) is 9.07 Å². The third kappa shape index (κ3) is 5.72. The first-order chi connectivity index (χ1) is 14.9. The van der Waals surface area contributed by atoms with Gasteiger partial charge in [0.25, 0.3) is 0 Å². The van der Waals surface area contributed by atoms with Crippen LogP contribution in [0, 0.1) is 5.82 Å². The number of nitrogens with two attached hydrogens (primary N) is 1. The highest BCUT2D eigenvalue weighted by Gasteiger charge is 2.15. The first-order valence-electron chi connectivity index (χ1n) is 9.18. The Bertz CT molecular complexity index is 1100. The van der Waals surface area contributed by atoms with Crippen LogP contribution in [0.15, 0.2) is 47.6 Å². The zero-order chi connectivity index (χ0) is 22.4. The highest BCUT2D eigenvalue weighted by molar-refractivity contribution is 7.99. The number of thioether (sulfide) groups is 1. The summed E-state index contributed by atoms with van der Waals surface area (Å²) in [4.78, 5) is 23.7. The molecule has 2 aromatic carbocycles. The number of ether oxygens (including phenoxy) is 1. The molecule has 0 aliphatic carbocycles. The van der Waals surface area contributed by atoms with Crippen LogP contribution in [0.2, 0.25) is 0 Å². The van der Waals surface area contributed by atoms with Gasteiger partial charge in [0.15, 0.2) is 5.82 Å². The lowest BCUT2D eigenvalue weighted by Crippen LogP contribution is -2.18. The Morgan fingerprint density at radius 3 is 2.68 bits per heavy atom. The van der Waals surface area contributed by atoms with Gasteiger partial charge in [-0.05, 0) is 29.8 Å². The lowest BCUT2D eigenvalue weighted by Gasteiger charge is -2.12. The SMILES string of the molecule is COc1ccc(NC(C)=O)cc1NC(=O)CSc1nnc(Cc2ccccc2F)n1N. The fraction of sp³-hybridized carbons (Fsp3) is 0.200. The van der Waals surface area contributed by atoms with E-state index in [0.717, 1.165) is 11.8 Å². The second kappa shape index (κ2) is 9.94. The molecule has 0 bridgehead atoms. The number of hydrogen-bond donors (Lipinski definition) is 3. The Balaban J connectivity index is 1.63. The molecule has 11 heteroatoms. The minimum Gasteiger partial charge on any atom is -0.495 e. The molecule has 0 fully saturated rings. The van der Waals surface area contributed by atoms with Crippen molar-refractivity contribution in [2.75, 3.05) is 29.3 Å². The van der Waals surface area contributed by atoms with Crippen LogP contribution in [0.3, 0.4) is 0 Å². The lowest BCUT2D eigenvalue weighted by atomic mass is 10.1. The number of halogens is 1. The van der Waals surface area contributed by atoms with Gasteiger partial charge >= 0.3 is 0 Å². The van der Waals surface area contributed by atoms with Crippen LogP contribution < -0.4 is 21.2 Å². The first kappa shape index (κ1) is 22.1. The van der Waals surface area contributed by atoms with E-state index in [1.165, 1.54) is 24.8 Å². The number of aromatic nitrogens is 3. The molecule has 0 atom stereocenters. The number of anilines is 2. The van der Waals surface area contributed by atoms with Crippen molar-refractivity contribution in [1.82, 2.24) is 14.9 Å².